The van der Waals surface area contributed by atoms with Crippen LogP contribution in [0, 0.1) is 17.0 Å². The van der Waals surface area contributed by atoms with Crippen LogP contribution >= 0.6 is 0 Å². The Hall–Kier alpha value is -2.11. The maximum atomic E-state index is 11.5. The predicted octanol–water partition coefficient (Wildman–Crippen LogP) is 2.48. The third-order valence-electron chi connectivity index (χ3n) is 2.33. The Bertz CT molecular complexity index is 482. The van der Waals surface area contributed by atoms with Crippen molar-refractivity contribution in [1.29, 1.82) is 0 Å². The predicted molar refractivity (Wildman–Crippen MR) is 64.9 cm³/mol. The van der Waals surface area contributed by atoms with Gasteiger partial charge in [0.05, 0.1) is 29.8 Å². The molecule has 0 bridgehead atoms. The van der Waals surface area contributed by atoms with Crippen LogP contribution in [0.2, 0.25) is 0 Å². The molecule has 0 saturated carbocycles. The Kier molecular flexibility index (Phi) is 4.25. The number of nitro groups is 1. The van der Waals surface area contributed by atoms with Gasteiger partial charge in [0.2, 0.25) is 0 Å². The Morgan fingerprint density at radius 3 is 2.44 bits per heavy atom. The van der Waals surface area contributed by atoms with Crippen LogP contribution in [0.1, 0.15) is 29.8 Å². The quantitative estimate of drug-likeness (QED) is 0.468. The Balaban J connectivity index is 3.36. The molecule has 0 heterocycles. The fraction of sp³-hybridized carbons (Fsp3) is 0.417. The first-order valence-corrected chi connectivity index (χ1v) is 5.40. The van der Waals surface area contributed by atoms with Crippen molar-refractivity contribution < 1.29 is 19.2 Å². The van der Waals surface area contributed by atoms with E-state index < -0.39 is 10.9 Å². The molecule has 98 valence electrons. The number of ether oxygens (including phenoxy) is 2. The third-order valence-corrected chi connectivity index (χ3v) is 2.33. The van der Waals surface area contributed by atoms with E-state index in [1.54, 1.807) is 13.8 Å². The van der Waals surface area contributed by atoms with Crippen LogP contribution in [0.15, 0.2) is 12.1 Å². The Morgan fingerprint density at radius 2 is 2.00 bits per heavy atom. The second-order valence-corrected chi connectivity index (χ2v) is 4.03. The smallest absolute Gasteiger partial charge is 0.338 e. The zero-order valence-corrected chi connectivity index (χ0v) is 10.7. The van der Waals surface area contributed by atoms with E-state index in [9.17, 15) is 14.9 Å². The number of hydrogen-bond donors (Lipinski definition) is 0. The molecule has 0 amide bonds. The molecule has 0 radical (unpaired) electrons. The number of benzene rings is 1. The van der Waals surface area contributed by atoms with Crippen molar-refractivity contribution in [3.63, 3.8) is 0 Å². The van der Waals surface area contributed by atoms with E-state index in [-0.39, 0.29) is 28.7 Å². The van der Waals surface area contributed by atoms with E-state index in [0.717, 1.165) is 0 Å². The molecule has 0 unspecified atom stereocenters. The molecule has 0 N–H and O–H groups in total. The highest BCUT2D eigenvalue weighted by molar-refractivity contribution is 5.92. The van der Waals surface area contributed by atoms with E-state index in [1.165, 1.54) is 26.2 Å². The second-order valence-electron chi connectivity index (χ2n) is 4.03. The fourth-order valence-corrected chi connectivity index (χ4v) is 1.52. The molecule has 0 spiro atoms. The molecule has 0 aliphatic carbocycles. The van der Waals surface area contributed by atoms with Crippen LogP contribution in [0.25, 0.3) is 0 Å². The number of nitro benzene ring substituents is 1. The molecule has 6 heteroatoms. The largest absolute Gasteiger partial charge is 0.491 e. The summed E-state index contributed by atoms with van der Waals surface area (Å²) in [4.78, 5) is 21.9. The average molecular weight is 253 g/mol. The van der Waals surface area contributed by atoms with Crippen LogP contribution < -0.4 is 4.74 Å². The van der Waals surface area contributed by atoms with E-state index in [2.05, 4.69) is 4.74 Å². The summed E-state index contributed by atoms with van der Waals surface area (Å²) < 4.78 is 9.98. The van der Waals surface area contributed by atoms with Crippen LogP contribution in [-0.2, 0) is 4.74 Å². The van der Waals surface area contributed by atoms with Gasteiger partial charge in [-0.05, 0) is 26.8 Å². The van der Waals surface area contributed by atoms with Gasteiger partial charge >= 0.3 is 5.97 Å². The van der Waals surface area contributed by atoms with E-state index in [4.69, 9.17) is 4.74 Å². The summed E-state index contributed by atoms with van der Waals surface area (Å²) in [5, 5.41) is 10.9. The number of carbonyl (C=O) groups excluding carboxylic acids is 1. The summed E-state index contributed by atoms with van der Waals surface area (Å²) in [6.45, 7) is 5.09. The first kappa shape index (κ1) is 14.0. The molecule has 1 aromatic rings. The first-order chi connectivity index (χ1) is 8.36. The molecule has 18 heavy (non-hydrogen) atoms. The number of carbonyl (C=O) groups is 1. The second kappa shape index (κ2) is 5.48. The van der Waals surface area contributed by atoms with E-state index in [1.807, 2.05) is 0 Å². The van der Waals surface area contributed by atoms with Gasteiger partial charge < -0.3 is 9.47 Å². The summed E-state index contributed by atoms with van der Waals surface area (Å²) in [6.07, 6.45) is -0.141. The van der Waals surface area contributed by atoms with Gasteiger partial charge in [-0.3, -0.25) is 10.1 Å². The van der Waals surface area contributed by atoms with Gasteiger partial charge in [0, 0.05) is 5.56 Å². The van der Waals surface area contributed by atoms with Crippen molar-refractivity contribution in [2.24, 2.45) is 0 Å². The molecule has 0 aromatic heterocycles. The van der Waals surface area contributed by atoms with Crippen molar-refractivity contribution in [2.45, 2.75) is 26.9 Å². The molecule has 1 rings (SSSR count). The lowest BCUT2D eigenvalue weighted by Gasteiger charge is -2.12. The highest BCUT2D eigenvalue weighted by Gasteiger charge is 2.21. The summed E-state index contributed by atoms with van der Waals surface area (Å²) in [5.41, 5.74) is 0.249. The number of nitrogens with zero attached hydrogens (tertiary/aromatic N) is 1. The lowest BCUT2D eigenvalue weighted by molar-refractivity contribution is -0.385. The highest BCUT2D eigenvalue weighted by atomic mass is 16.6. The zero-order valence-electron chi connectivity index (χ0n) is 10.7. The molecule has 0 aliphatic rings. The minimum absolute atomic E-state index is 0.141. The molecule has 1 aromatic carbocycles. The number of esters is 1. The Morgan fingerprint density at radius 1 is 1.39 bits per heavy atom. The van der Waals surface area contributed by atoms with Gasteiger partial charge in [-0.15, -0.1) is 0 Å². The molecule has 0 atom stereocenters. The van der Waals surface area contributed by atoms with Crippen molar-refractivity contribution in [3.8, 4) is 5.75 Å². The van der Waals surface area contributed by atoms with E-state index >= 15 is 0 Å². The molecule has 0 aliphatic heterocycles. The van der Waals surface area contributed by atoms with E-state index in [0.29, 0.717) is 0 Å². The topological polar surface area (TPSA) is 78.7 Å². The molecular formula is C12H15NO5. The monoisotopic (exact) mass is 253 g/mol. The minimum Gasteiger partial charge on any atom is -0.491 e. The molecule has 0 fully saturated rings. The zero-order chi connectivity index (χ0) is 13.9. The van der Waals surface area contributed by atoms with Crippen LogP contribution in [-0.4, -0.2) is 24.1 Å². The molecule has 6 nitrogen and oxygen atoms in total. The fourth-order valence-electron chi connectivity index (χ4n) is 1.52. The summed E-state index contributed by atoms with van der Waals surface area (Å²) >= 11 is 0. The van der Waals surface area contributed by atoms with Crippen molar-refractivity contribution in [3.05, 3.63) is 33.4 Å². The maximum Gasteiger partial charge on any atom is 0.338 e. The van der Waals surface area contributed by atoms with Gasteiger partial charge in [0.1, 0.15) is 5.75 Å². The first-order valence-electron chi connectivity index (χ1n) is 5.40. The SMILES string of the molecule is COC(=O)c1cc(OC(C)C)cc([N+](=O)[O-])c1C. The summed E-state index contributed by atoms with van der Waals surface area (Å²) in [6, 6.07) is 2.76. The number of methoxy groups -OCH3 is 1. The van der Waals surface area contributed by atoms with Gasteiger partial charge in [0.15, 0.2) is 0 Å². The standard InChI is InChI=1S/C12H15NO5/c1-7(2)18-9-5-10(12(14)17-4)8(3)11(6-9)13(15)16/h5-7H,1-4H3. The lowest BCUT2D eigenvalue weighted by atomic mass is 10.1. The lowest BCUT2D eigenvalue weighted by Crippen LogP contribution is -2.10. The van der Waals surface area contributed by atoms with Crippen LogP contribution in [0.4, 0.5) is 5.69 Å². The van der Waals surface area contributed by atoms with Crippen molar-refractivity contribution in [2.75, 3.05) is 7.11 Å². The van der Waals surface area contributed by atoms with Gasteiger partial charge in [-0.1, -0.05) is 0 Å². The molecule has 0 saturated heterocycles. The number of hydrogen-bond acceptors (Lipinski definition) is 5. The van der Waals surface area contributed by atoms with Gasteiger partial charge in [0.25, 0.3) is 5.69 Å². The Labute approximate surface area is 105 Å². The third kappa shape index (κ3) is 2.97. The van der Waals surface area contributed by atoms with Crippen LogP contribution in [0.5, 0.6) is 5.75 Å². The highest BCUT2D eigenvalue weighted by Crippen LogP contribution is 2.29. The van der Waals surface area contributed by atoms with Gasteiger partial charge in [-0.2, -0.15) is 0 Å². The normalized spacial score (nSPS) is 10.3. The average Bonchev–Trinajstić information content (AvgIpc) is 2.29. The van der Waals surface area contributed by atoms with Crippen molar-refractivity contribution >= 4 is 11.7 Å². The maximum absolute atomic E-state index is 11.5. The van der Waals surface area contributed by atoms with Crippen LogP contribution in [0.3, 0.4) is 0 Å². The molecular weight excluding hydrogens is 238 g/mol. The van der Waals surface area contributed by atoms with Crippen molar-refractivity contribution in [1.82, 2.24) is 0 Å². The summed E-state index contributed by atoms with van der Waals surface area (Å²) in [7, 11) is 1.23. The minimum atomic E-state index is -0.621. The van der Waals surface area contributed by atoms with Gasteiger partial charge in [-0.25, -0.2) is 4.79 Å². The summed E-state index contributed by atoms with van der Waals surface area (Å²) in [5.74, 6) is -0.340. The number of rotatable bonds is 4.